The number of anilines is 2. The number of halogens is 3. The van der Waals surface area contributed by atoms with Gasteiger partial charge in [0.15, 0.2) is 0 Å². The first-order chi connectivity index (χ1) is 13.3. The van der Waals surface area contributed by atoms with Crippen molar-refractivity contribution in [3.63, 3.8) is 0 Å². The number of carbonyl (C=O) groups is 1. The summed E-state index contributed by atoms with van der Waals surface area (Å²) >= 11 is 12.0. The molecule has 0 heterocycles. The molecule has 28 heavy (non-hydrogen) atoms. The average molecular weight is 439 g/mol. The second-order valence-corrected chi connectivity index (χ2v) is 8.16. The number of sulfonamides is 1. The minimum absolute atomic E-state index is 0.0386. The maximum absolute atomic E-state index is 13.3. The zero-order valence-corrected chi connectivity index (χ0v) is 16.4. The van der Waals surface area contributed by atoms with Crippen LogP contribution in [0.25, 0.3) is 0 Å². The number of carbonyl (C=O) groups excluding carboxylic acids is 1. The van der Waals surface area contributed by atoms with E-state index in [9.17, 15) is 17.6 Å². The maximum atomic E-state index is 13.3. The van der Waals surface area contributed by atoms with Crippen LogP contribution >= 0.6 is 23.2 Å². The Hall–Kier alpha value is -2.61. The molecular weight excluding hydrogens is 426 g/mol. The van der Waals surface area contributed by atoms with Crippen molar-refractivity contribution >= 4 is 50.5 Å². The smallest absolute Gasteiger partial charge is 0.263 e. The van der Waals surface area contributed by atoms with Crippen molar-refractivity contribution in [3.05, 3.63) is 88.2 Å². The van der Waals surface area contributed by atoms with Gasteiger partial charge in [0.2, 0.25) is 0 Å². The fourth-order valence-electron chi connectivity index (χ4n) is 2.36. The van der Waals surface area contributed by atoms with Crippen molar-refractivity contribution in [2.75, 3.05) is 10.0 Å². The predicted molar refractivity (Wildman–Crippen MR) is 108 cm³/mol. The molecule has 144 valence electrons. The van der Waals surface area contributed by atoms with Crippen molar-refractivity contribution in [2.45, 2.75) is 4.90 Å². The molecule has 0 aliphatic carbocycles. The van der Waals surface area contributed by atoms with Crippen LogP contribution in [0, 0.1) is 5.82 Å². The lowest BCUT2D eigenvalue weighted by Gasteiger charge is -2.12. The molecule has 9 heteroatoms. The van der Waals surface area contributed by atoms with Crippen LogP contribution in [0.1, 0.15) is 10.4 Å². The fourth-order valence-corrected chi connectivity index (χ4v) is 4.21. The van der Waals surface area contributed by atoms with Gasteiger partial charge in [-0.25, -0.2) is 12.8 Å². The first-order valence-electron chi connectivity index (χ1n) is 7.90. The number of hydrogen-bond acceptors (Lipinski definition) is 3. The van der Waals surface area contributed by atoms with Crippen LogP contribution in [-0.4, -0.2) is 14.3 Å². The fraction of sp³-hybridized carbons (Fsp3) is 0. The van der Waals surface area contributed by atoms with Gasteiger partial charge in [-0.05, 0) is 48.5 Å². The van der Waals surface area contributed by atoms with Crippen molar-refractivity contribution in [1.82, 2.24) is 0 Å². The van der Waals surface area contributed by atoms with E-state index in [4.69, 9.17) is 23.2 Å². The van der Waals surface area contributed by atoms with E-state index < -0.39 is 21.7 Å². The number of para-hydroxylation sites is 1. The highest BCUT2D eigenvalue weighted by Gasteiger charge is 2.20. The van der Waals surface area contributed by atoms with Gasteiger partial charge < -0.3 is 5.32 Å². The second-order valence-electron chi connectivity index (χ2n) is 5.70. The molecule has 3 aromatic carbocycles. The van der Waals surface area contributed by atoms with Gasteiger partial charge in [-0.15, -0.1) is 0 Å². The van der Waals surface area contributed by atoms with Gasteiger partial charge in [0.1, 0.15) is 10.7 Å². The molecule has 0 fully saturated rings. The largest absolute Gasteiger partial charge is 0.322 e. The van der Waals surface area contributed by atoms with Crippen LogP contribution in [0.3, 0.4) is 0 Å². The molecule has 3 rings (SSSR count). The maximum Gasteiger partial charge on any atom is 0.263 e. The Bertz CT molecular complexity index is 1150. The van der Waals surface area contributed by atoms with Gasteiger partial charge >= 0.3 is 0 Å². The summed E-state index contributed by atoms with van der Waals surface area (Å²) in [7, 11) is -4.07. The molecule has 0 aliphatic rings. The quantitative estimate of drug-likeness (QED) is 0.575. The number of hydrogen-bond donors (Lipinski definition) is 2. The predicted octanol–water partition coefficient (Wildman–Crippen LogP) is 5.19. The number of rotatable bonds is 5. The van der Waals surface area contributed by atoms with E-state index in [1.54, 1.807) is 12.1 Å². The molecule has 0 aliphatic heterocycles. The molecule has 0 saturated heterocycles. The summed E-state index contributed by atoms with van der Waals surface area (Å²) in [6.45, 7) is 0. The molecule has 0 aromatic heterocycles. The van der Waals surface area contributed by atoms with Crippen LogP contribution in [0.2, 0.25) is 10.0 Å². The van der Waals surface area contributed by atoms with E-state index in [1.165, 1.54) is 48.5 Å². The highest BCUT2D eigenvalue weighted by Crippen LogP contribution is 2.29. The molecule has 0 radical (unpaired) electrons. The van der Waals surface area contributed by atoms with Gasteiger partial charge in [0.25, 0.3) is 15.9 Å². The van der Waals surface area contributed by atoms with Gasteiger partial charge in [-0.3, -0.25) is 9.52 Å². The standard InChI is InChI=1S/C19H13Cl2FN2O3S/c20-15-6-1-2-7-17(15)24-28(26,27)18-11-14(8-9-16(18)21)23-19(25)12-4-3-5-13(22)10-12/h1-11,24H,(H,23,25). The van der Waals surface area contributed by atoms with Crippen LogP contribution < -0.4 is 10.0 Å². The minimum Gasteiger partial charge on any atom is -0.322 e. The number of amides is 1. The highest BCUT2D eigenvalue weighted by molar-refractivity contribution is 7.92. The summed E-state index contributed by atoms with van der Waals surface area (Å²) in [6.07, 6.45) is 0. The van der Waals surface area contributed by atoms with Crippen LogP contribution in [0.4, 0.5) is 15.8 Å². The van der Waals surface area contributed by atoms with Crippen molar-refractivity contribution in [3.8, 4) is 0 Å². The van der Waals surface area contributed by atoms with Gasteiger partial charge in [-0.1, -0.05) is 41.4 Å². The van der Waals surface area contributed by atoms with E-state index in [-0.39, 0.29) is 31.9 Å². The summed E-state index contributed by atoms with van der Waals surface area (Å²) in [4.78, 5) is 12.0. The van der Waals surface area contributed by atoms with E-state index in [2.05, 4.69) is 10.0 Å². The zero-order valence-electron chi connectivity index (χ0n) is 14.1. The third-order valence-electron chi connectivity index (χ3n) is 3.68. The van der Waals surface area contributed by atoms with Crippen molar-refractivity contribution in [1.29, 1.82) is 0 Å². The highest BCUT2D eigenvalue weighted by atomic mass is 35.5. The Balaban J connectivity index is 1.89. The summed E-state index contributed by atoms with van der Waals surface area (Å²) in [5.74, 6) is -1.15. The average Bonchev–Trinajstić information content (AvgIpc) is 2.65. The summed E-state index contributed by atoms with van der Waals surface area (Å²) in [5, 5.41) is 2.70. The molecule has 0 atom stereocenters. The van der Waals surface area contributed by atoms with E-state index >= 15 is 0 Å². The Morgan fingerprint density at radius 3 is 2.36 bits per heavy atom. The molecule has 0 bridgehead atoms. The van der Waals surface area contributed by atoms with Crippen LogP contribution in [-0.2, 0) is 10.0 Å². The molecule has 0 spiro atoms. The monoisotopic (exact) mass is 438 g/mol. The summed E-state index contributed by atoms with van der Waals surface area (Å²) in [5.41, 5.74) is 0.459. The number of nitrogens with one attached hydrogen (secondary N) is 2. The first kappa shape index (κ1) is 20.1. The molecule has 0 unspecified atom stereocenters. The zero-order chi connectivity index (χ0) is 20.3. The number of benzene rings is 3. The lowest BCUT2D eigenvalue weighted by atomic mass is 10.2. The molecule has 0 saturated carbocycles. The SMILES string of the molecule is O=C(Nc1ccc(Cl)c(S(=O)(=O)Nc2ccccc2Cl)c1)c1cccc(F)c1. The van der Waals surface area contributed by atoms with E-state index in [1.807, 2.05) is 0 Å². The van der Waals surface area contributed by atoms with Gasteiger partial charge in [0.05, 0.1) is 15.7 Å². The Labute approximate surface area is 171 Å². The Morgan fingerprint density at radius 2 is 1.64 bits per heavy atom. The lowest BCUT2D eigenvalue weighted by Crippen LogP contribution is -2.16. The van der Waals surface area contributed by atoms with Crippen molar-refractivity contribution < 1.29 is 17.6 Å². The summed E-state index contributed by atoms with van der Waals surface area (Å²) in [6, 6.07) is 15.4. The Morgan fingerprint density at radius 1 is 0.893 bits per heavy atom. The molecule has 2 N–H and O–H groups in total. The van der Waals surface area contributed by atoms with E-state index in [0.29, 0.717) is 0 Å². The third-order valence-corrected chi connectivity index (χ3v) is 5.86. The van der Waals surface area contributed by atoms with Gasteiger partial charge in [0, 0.05) is 11.3 Å². The van der Waals surface area contributed by atoms with Crippen molar-refractivity contribution in [2.24, 2.45) is 0 Å². The van der Waals surface area contributed by atoms with Crippen LogP contribution in [0.5, 0.6) is 0 Å². The van der Waals surface area contributed by atoms with E-state index in [0.717, 1.165) is 6.07 Å². The Kier molecular flexibility index (Phi) is 5.88. The van der Waals surface area contributed by atoms with Gasteiger partial charge in [-0.2, -0.15) is 0 Å². The normalized spacial score (nSPS) is 11.1. The molecule has 5 nitrogen and oxygen atoms in total. The minimum atomic E-state index is -4.07. The van der Waals surface area contributed by atoms with Crippen LogP contribution in [0.15, 0.2) is 71.6 Å². The first-order valence-corrected chi connectivity index (χ1v) is 10.1. The molecule has 1 amide bonds. The molecule has 3 aromatic rings. The molecular formula is C19H13Cl2FN2O3S. The summed E-state index contributed by atoms with van der Waals surface area (Å²) < 4.78 is 41.1. The second kappa shape index (κ2) is 8.18. The third kappa shape index (κ3) is 4.62. The topological polar surface area (TPSA) is 75.3 Å². The lowest BCUT2D eigenvalue weighted by molar-refractivity contribution is 0.102.